The molecule has 0 saturated carbocycles. The molecule has 4 nitrogen and oxygen atoms in total. The molecule has 0 fully saturated rings. The van der Waals surface area contributed by atoms with E-state index in [4.69, 9.17) is 5.11 Å². The minimum atomic E-state index is -1.00. The highest BCUT2D eigenvalue weighted by Crippen LogP contribution is 2.37. The second-order valence-electron chi connectivity index (χ2n) is 3.69. The summed E-state index contributed by atoms with van der Waals surface area (Å²) in [6.07, 6.45) is 0. The molecule has 1 atom stereocenters. The van der Waals surface area contributed by atoms with Crippen LogP contribution in [0.1, 0.15) is 12.5 Å². The zero-order valence-electron chi connectivity index (χ0n) is 10.4. The molecule has 19 heavy (non-hydrogen) atoms. The number of rotatable bonds is 8. The summed E-state index contributed by atoms with van der Waals surface area (Å²) in [6.45, 7) is 1.32. The molecule has 1 aromatic carbocycles. The van der Waals surface area contributed by atoms with Gasteiger partial charge in [0.05, 0.1) is 0 Å². The van der Waals surface area contributed by atoms with Gasteiger partial charge in [0.2, 0.25) is 5.91 Å². The number of amides is 1. The van der Waals surface area contributed by atoms with Crippen molar-refractivity contribution in [2.24, 2.45) is 0 Å². The van der Waals surface area contributed by atoms with Gasteiger partial charge in [0.15, 0.2) is 0 Å². The van der Waals surface area contributed by atoms with E-state index in [0.29, 0.717) is 5.75 Å². The van der Waals surface area contributed by atoms with Crippen LogP contribution in [0.2, 0.25) is 0 Å². The molecular weight excluding hydrogens is 302 g/mol. The monoisotopic (exact) mass is 317 g/mol. The molecule has 0 saturated heterocycles. The molecule has 1 amide bonds. The van der Waals surface area contributed by atoms with Crippen molar-refractivity contribution in [2.45, 2.75) is 18.7 Å². The van der Waals surface area contributed by atoms with Crippen LogP contribution in [-0.4, -0.2) is 28.8 Å². The average molecular weight is 317 g/mol. The Morgan fingerprint density at radius 3 is 2.53 bits per heavy atom. The summed E-state index contributed by atoms with van der Waals surface area (Å²) >= 11 is 0. The lowest BCUT2D eigenvalue weighted by Gasteiger charge is -2.11. The Kier molecular flexibility index (Phi) is 7.85. The van der Waals surface area contributed by atoms with E-state index in [9.17, 15) is 9.59 Å². The van der Waals surface area contributed by atoms with Crippen molar-refractivity contribution in [1.82, 2.24) is 5.32 Å². The predicted molar refractivity (Wildman–Crippen MR) is 83.0 cm³/mol. The van der Waals surface area contributed by atoms with Crippen LogP contribution in [0.5, 0.6) is 0 Å². The normalized spacial score (nSPS) is 11.8. The fraction of sp³-hybridized carbons (Fsp3) is 0.333. The third kappa shape index (κ3) is 7.39. The molecule has 0 aliphatic carbocycles. The summed E-state index contributed by atoms with van der Waals surface area (Å²) in [4.78, 5) is 21.7. The van der Waals surface area contributed by atoms with E-state index in [-0.39, 0.29) is 5.91 Å². The van der Waals surface area contributed by atoms with Gasteiger partial charge in [-0.25, -0.2) is 4.79 Å². The van der Waals surface area contributed by atoms with Crippen molar-refractivity contribution in [2.75, 3.05) is 5.75 Å². The van der Waals surface area contributed by atoms with Gasteiger partial charge in [-0.3, -0.25) is 4.79 Å². The van der Waals surface area contributed by atoms with Crippen molar-refractivity contribution in [1.29, 1.82) is 0 Å². The van der Waals surface area contributed by atoms with Gasteiger partial charge in [0.1, 0.15) is 6.04 Å². The number of nitrogens with one attached hydrogen (secondary N) is 1. The molecule has 0 aromatic heterocycles. The maximum atomic E-state index is 10.9. The Morgan fingerprint density at radius 1 is 1.26 bits per heavy atom. The smallest absolute Gasteiger partial charge is 0.327 e. The Balaban J connectivity index is 2.18. The molecule has 104 valence electrons. The highest BCUT2D eigenvalue weighted by Gasteiger charge is 2.18. The quantitative estimate of drug-likeness (QED) is 0.568. The molecule has 0 heterocycles. The van der Waals surface area contributed by atoms with Crippen LogP contribution in [0, 0.1) is 0 Å². The van der Waals surface area contributed by atoms with E-state index in [1.165, 1.54) is 33.1 Å². The van der Waals surface area contributed by atoms with Gasteiger partial charge in [-0.1, -0.05) is 51.9 Å². The molecule has 1 aromatic rings. The number of carbonyl (C=O) groups is 2. The van der Waals surface area contributed by atoms with E-state index in [1.54, 1.807) is 10.8 Å². The first-order valence-electron chi connectivity index (χ1n) is 5.54. The highest BCUT2D eigenvalue weighted by molar-refractivity contribution is 9.09. The van der Waals surface area contributed by atoms with Crippen molar-refractivity contribution in [3.05, 3.63) is 35.9 Å². The van der Waals surface area contributed by atoms with Crippen LogP contribution >= 0.6 is 31.4 Å². The number of aliphatic carboxylic acids is 1. The predicted octanol–water partition coefficient (Wildman–Crippen LogP) is 2.81. The van der Waals surface area contributed by atoms with Crippen LogP contribution in [0.3, 0.4) is 0 Å². The van der Waals surface area contributed by atoms with Crippen LogP contribution < -0.4 is 5.32 Å². The minimum Gasteiger partial charge on any atom is -0.480 e. The number of carbonyl (C=O) groups excluding carboxylic acids is 1. The molecule has 2 N–H and O–H groups in total. The van der Waals surface area contributed by atoms with E-state index in [0.717, 1.165) is 5.75 Å². The number of carboxylic acid groups (broad SMARTS) is 1. The summed E-state index contributed by atoms with van der Waals surface area (Å²) in [5.74, 6) is -0.108. The lowest BCUT2D eigenvalue weighted by atomic mass is 10.2. The van der Waals surface area contributed by atoms with Gasteiger partial charge in [-0.2, -0.15) is 0 Å². The molecular formula is C12H15NO3S3. The van der Waals surface area contributed by atoms with Crippen LogP contribution in [0.4, 0.5) is 0 Å². The molecule has 7 heteroatoms. The van der Waals surface area contributed by atoms with Crippen molar-refractivity contribution in [3.8, 4) is 0 Å². The van der Waals surface area contributed by atoms with Crippen LogP contribution in [-0.2, 0) is 15.3 Å². The number of benzene rings is 1. The maximum Gasteiger partial charge on any atom is 0.327 e. The summed E-state index contributed by atoms with van der Waals surface area (Å²) in [6, 6.07) is 9.23. The zero-order chi connectivity index (χ0) is 14.1. The van der Waals surface area contributed by atoms with E-state index >= 15 is 0 Å². The summed E-state index contributed by atoms with van der Waals surface area (Å²) in [5, 5.41) is 11.3. The standard InChI is InChI=1S/C12H15NO3S3/c1-9(14)13-11(12(15)16)8-18-19-17-7-10-5-3-2-4-6-10/h2-6,11H,7-8H2,1H3,(H,13,14)(H,15,16)/t11-/m0/s1. The summed E-state index contributed by atoms with van der Waals surface area (Å²) in [5.41, 5.74) is 1.23. The van der Waals surface area contributed by atoms with E-state index in [1.807, 2.05) is 18.2 Å². The third-order valence-electron chi connectivity index (χ3n) is 2.07. The largest absolute Gasteiger partial charge is 0.480 e. The summed E-state index contributed by atoms with van der Waals surface area (Å²) in [7, 11) is 4.63. The Labute approximate surface area is 123 Å². The second kappa shape index (κ2) is 9.17. The first-order valence-corrected chi connectivity index (χ1v) is 9.36. The Hall–Kier alpha value is -0.790. The summed E-state index contributed by atoms with van der Waals surface area (Å²) < 4.78 is 0. The zero-order valence-corrected chi connectivity index (χ0v) is 12.8. The lowest BCUT2D eigenvalue weighted by Crippen LogP contribution is -2.41. The highest BCUT2D eigenvalue weighted by atomic mass is 33.5. The van der Waals surface area contributed by atoms with E-state index < -0.39 is 12.0 Å². The topological polar surface area (TPSA) is 66.4 Å². The first kappa shape index (κ1) is 16.3. The van der Waals surface area contributed by atoms with Gasteiger partial charge in [-0.05, 0) is 15.4 Å². The lowest BCUT2D eigenvalue weighted by molar-refractivity contribution is -0.140. The minimum absolute atomic E-state index is 0.324. The molecule has 0 unspecified atom stereocenters. The van der Waals surface area contributed by atoms with Crippen molar-refractivity contribution >= 4 is 43.3 Å². The van der Waals surface area contributed by atoms with Gasteiger partial charge < -0.3 is 10.4 Å². The van der Waals surface area contributed by atoms with Gasteiger partial charge in [-0.15, -0.1) is 0 Å². The molecule has 0 aliphatic rings. The third-order valence-corrected chi connectivity index (χ3v) is 6.26. The number of carboxylic acids is 1. The fourth-order valence-corrected chi connectivity index (χ4v) is 4.96. The first-order chi connectivity index (χ1) is 9.09. The van der Waals surface area contributed by atoms with Crippen LogP contribution in [0.15, 0.2) is 30.3 Å². The van der Waals surface area contributed by atoms with E-state index in [2.05, 4.69) is 17.4 Å². The van der Waals surface area contributed by atoms with Crippen molar-refractivity contribution < 1.29 is 14.7 Å². The Morgan fingerprint density at radius 2 is 1.95 bits per heavy atom. The van der Waals surface area contributed by atoms with Crippen LogP contribution in [0.25, 0.3) is 0 Å². The fourth-order valence-electron chi connectivity index (χ4n) is 1.22. The maximum absolute atomic E-state index is 10.9. The molecule has 0 aliphatic heterocycles. The average Bonchev–Trinajstić information content (AvgIpc) is 2.37. The SMILES string of the molecule is CC(=O)N[C@@H](CSSSCc1ccccc1)C(=O)O. The van der Waals surface area contributed by atoms with Gasteiger partial charge in [0, 0.05) is 18.4 Å². The van der Waals surface area contributed by atoms with Crippen molar-refractivity contribution in [3.63, 3.8) is 0 Å². The number of hydrogen-bond donors (Lipinski definition) is 2. The Bertz CT molecular complexity index is 414. The van der Waals surface area contributed by atoms with Gasteiger partial charge >= 0.3 is 5.97 Å². The molecule has 0 bridgehead atoms. The molecule has 0 spiro atoms. The second-order valence-corrected chi connectivity index (χ2v) is 7.97. The molecule has 1 rings (SSSR count). The number of hydrogen-bond acceptors (Lipinski definition) is 5. The molecule has 0 radical (unpaired) electrons. The van der Waals surface area contributed by atoms with Gasteiger partial charge in [0.25, 0.3) is 0 Å².